The number of anilines is 1. The Kier molecular flexibility index (Phi) is 3.27. The molecule has 0 aliphatic rings. The van der Waals surface area contributed by atoms with Crippen LogP contribution >= 0.6 is 11.6 Å². The van der Waals surface area contributed by atoms with E-state index in [0.717, 1.165) is 0 Å². The summed E-state index contributed by atoms with van der Waals surface area (Å²) in [4.78, 5) is 3.75. The van der Waals surface area contributed by atoms with Crippen molar-refractivity contribution in [2.24, 2.45) is 0 Å². The standard InChI is InChI=1S/C10H10ClN3O3S/c1-6-10(7(2)17-13-6)14-18(15,16)8-3-4-9(11)12-5-8/h3-5,14H,1-2H3. The van der Waals surface area contributed by atoms with Gasteiger partial charge in [0.25, 0.3) is 10.0 Å². The minimum absolute atomic E-state index is 0.0203. The molecule has 6 nitrogen and oxygen atoms in total. The van der Waals surface area contributed by atoms with Crippen LogP contribution in [0, 0.1) is 13.8 Å². The summed E-state index contributed by atoms with van der Waals surface area (Å²) < 4.78 is 31.4. The fraction of sp³-hybridized carbons (Fsp3) is 0.200. The highest BCUT2D eigenvalue weighted by molar-refractivity contribution is 7.92. The van der Waals surface area contributed by atoms with Crippen LogP contribution in [-0.2, 0) is 10.0 Å². The molecule has 18 heavy (non-hydrogen) atoms. The number of nitrogens with one attached hydrogen (secondary N) is 1. The Morgan fingerprint density at radius 2 is 2.06 bits per heavy atom. The molecule has 1 N–H and O–H groups in total. The van der Waals surface area contributed by atoms with E-state index in [1.807, 2.05) is 0 Å². The van der Waals surface area contributed by atoms with Crippen molar-refractivity contribution in [3.63, 3.8) is 0 Å². The molecule has 0 aliphatic carbocycles. The first-order valence-electron chi connectivity index (χ1n) is 4.97. The summed E-state index contributed by atoms with van der Waals surface area (Å²) in [5, 5.41) is 3.90. The average molecular weight is 288 g/mol. The van der Waals surface area contributed by atoms with Gasteiger partial charge in [0, 0.05) is 6.20 Å². The summed E-state index contributed by atoms with van der Waals surface area (Å²) in [6.45, 7) is 3.27. The van der Waals surface area contributed by atoms with Crippen molar-refractivity contribution in [1.29, 1.82) is 0 Å². The van der Waals surface area contributed by atoms with Crippen LogP contribution in [0.2, 0.25) is 5.15 Å². The first kappa shape index (κ1) is 12.8. The lowest BCUT2D eigenvalue weighted by Gasteiger charge is -2.06. The van der Waals surface area contributed by atoms with E-state index in [4.69, 9.17) is 16.1 Å². The first-order chi connectivity index (χ1) is 8.40. The van der Waals surface area contributed by atoms with Crippen LogP contribution in [0.3, 0.4) is 0 Å². The summed E-state index contributed by atoms with van der Waals surface area (Å²) >= 11 is 5.60. The number of pyridine rings is 1. The van der Waals surface area contributed by atoms with Crippen molar-refractivity contribution in [3.05, 3.63) is 34.9 Å². The van der Waals surface area contributed by atoms with Crippen LogP contribution in [0.4, 0.5) is 5.69 Å². The lowest BCUT2D eigenvalue weighted by Crippen LogP contribution is -2.14. The average Bonchev–Trinajstić information content (AvgIpc) is 2.61. The lowest BCUT2D eigenvalue weighted by molar-refractivity contribution is 0.393. The molecule has 0 fully saturated rings. The molecular weight excluding hydrogens is 278 g/mol. The third-order valence-corrected chi connectivity index (χ3v) is 3.84. The Labute approximate surface area is 109 Å². The maximum atomic E-state index is 12.1. The van der Waals surface area contributed by atoms with Crippen LogP contribution in [0.1, 0.15) is 11.5 Å². The number of aromatic nitrogens is 2. The molecule has 0 saturated carbocycles. The molecular formula is C10H10ClN3O3S. The molecule has 0 unspecified atom stereocenters. The van der Waals surface area contributed by atoms with E-state index in [0.29, 0.717) is 17.1 Å². The predicted molar refractivity (Wildman–Crippen MR) is 66.0 cm³/mol. The summed E-state index contributed by atoms with van der Waals surface area (Å²) in [6.07, 6.45) is 1.18. The second kappa shape index (κ2) is 4.58. The summed E-state index contributed by atoms with van der Waals surface area (Å²) in [5.74, 6) is 0.401. The monoisotopic (exact) mass is 287 g/mol. The molecule has 0 spiro atoms. The Morgan fingerprint density at radius 3 is 2.56 bits per heavy atom. The highest BCUT2D eigenvalue weighted by atomic mass is 35.5. The molecule has 0 aliphatic heterocycles. The number of aryl methyl sites for hydroxylation is 2. The highest BCUT2D eigenvalue weighted by Crippen LogP contribution is 2.22. The largest absolute Gasteiger partial charge is 0.359 e. The van der Waals surface area contributed by atoms with E-state index in [2.05, 4.69) is 14.9 Å². The normalized spacial score (nSPS) is 11.5. The number of hydrogen-bond acceptors (Lipinski definition) is 5. The fourth-order valence-electron chi connectivity index (χ4n) is 1.34. The maximum Gasteiger partial charge on any atom is 0.263 e. The second-order valence-electron chi connectivity index (χ2n) is 3.62. The van der Waals surface area contributed by atoms with Gasteiger partial charge in [-0.15, -0.1) is 0 Å². The molecule has 0 bridgehead atoms. The number of halogens is 1. The highest BCUT2D eigenvalue weighted by Gasteiger charge is 2.19. The SMILES string of the molecule is Cc1noc(C)c1NS(=O)(=O)c1ccc(Cl)nc1. The van der Waals surface area contributed by atoms with Crippen molar-refractivity contribution in [3.8, 4) is 0 Å². The minimum atomic E-state index is -3.72. The van der Waals surface area contributed by atoms with Crippen LogP contribution in [-0.4, -0.2) is 18.6 Å². The van der Waals surface area contributed by atoms with Gasteiger partial charge >= 0.3 is 0 Å². The number of rotatable bonds is 3. The third-order valence-electron chi connectivity index (χ3n) is 2.28. The molecule has 2 aromatic heterocycles. The van der Waals surface area contributed by atoms with Crippen molar-refractivity contribution in [1.82, 2.24) is 10.1 Å². The zero-order chi connectivity index (χ0) is 13.3. The molecule has 2 rings (SSSR count). The van der Waals surface area contributed by atoms with E-state index in [-0.39, 0.29) is 10.0 Å². The molecule has 0 saturated heterocycles. The quantitative estimate of drug-likeness (QED) is 0.874. The molecule has 0 atom stereocenters. The predicted octanol–water partition coefficient (Wildman–Crippen LogP) is 2.14. The van der Waals surface area contributed by atoms with Gasteiger partial charge in [0.05, 0.1) is 0 Å². The van der Waals surface area contributed by atoms with Gasteiger partial charge in [-0.3, -0.25) is 4.72 Å². The zero-order valence-electron chi connectivity index (χ0n) is 9.64. The van der Waals surface area contributed by atoms with Gasteiger partial charge in [-0.05, 0) is 26.0 Å². The number of hydrogen-bond donors (Lipinski definition) is 1. The molecule has 0 radical (unpaired) electrons. The smallest absolute Gasteiger partial charge is 0.263 e. The van der Waals surface area contributed by atoms with Gasteiger partial charge in [-0.1, -0.05) is 16.8 Å². The zero-order valence-corrected chi connectivity index (χ0v) is 11.2. The maximum absolute atomic E-state index is 12.1. The summed E-state index contributed by atoms with van der Waals surface area (Å²) in [6, 6.07) is 2.78. The van der Waals surface area contributed by atoms with Crippen molar-refractivity contribution >= 4 is 27.3 Å². The van der Waals surface area contributed by atoms with Crippen molar-refractivity contribution in [2.45, 2.75) is 18.7 Å². The lowest BCUT2D eigenvalue weighted by atomic mass is 10.3. The molecule has 2 aromatic rings. The summed E-state index contributed by atoms with van der Waals surface area (Å²) in [5.41, 5.74) is 0.808. The third kappa shape index (κ3) is 2.46. The van der Waals surface area contributed by atoms with Crippen LogP contribution in [0.25, 0.3) is 0 Å². The van der Waals surface area contributed by atoms with Crippen LogP contribution < -0.4 is 4.72 Å². The topological polar surface area (TPSA) is 85.1 Å². The van der Waals surface area contributed by atoms with Gasteiger partial charge in [0.1, 0.15) is 21.4 Å². The van der Waals surface area contributed by atoms with Gasteiger partial charge < -0.3 is 4.52 Å². The minimum Gasteiger partial charge on any atom is -0.359 e. The first-order valence-corrected chi connectivity index (χ1v) is 6.83. The molecule has 0 amide bonds. The van der Waals surface area contributed by atoms with E-state index in [1.165, 1.54) is 18.3 Å². The molecule has 0 aromatic carbocycles. The molecule has 96 valence electrons. The number of nitrogens with zero attached hydrogens (tertiary/aromatic N) is 2. The van der Waals surface area contributed by atoms with Gasteiger partial charge in [0.2, 0.25) is 0 Å². The number of sulfonamides is 1. The van der Waals surface area contributed by atoms with Crippen LogP contribution in [0.15, 0.2) is 27.7 Å². The van der Waals surface area contributed by atoms with Crippen molar-refractivity contribution in [2.75, 3.05) is 4.72 Å². The van der Waals surface area contributed by atoms with Crippen LogP contribution in [0.5, 0.6) is 0 Å². The van der Waals surface area contributed by atoms with E-state index in [9.17, 15) is 8.42 Å². The van der Waals surface area contributed by atoms with Gasteiger partial charge in [-0.2, -0.15) is 0 Å². The molecule has 8 heteroatoms. The second-order valence-corrected chi connectivity index (χ2v) is 5.69. The Hall–Kier alpha value is -1.60. The van der Waals surface area contributed by atoms with Gasteiger partial charge in [-0.25, -0.2) is 13.4 Å². The Morgan fingerprint density at radius 1 is 1.33 bits per heavy atom. The van der Waals surface area contributed by atoms with Gasteiger partial charge in [0.15, 0.2) is 5.76 Å². The van der Waals surface area contributed by atoms with E-state index >= 15 is 0 Å². The molecule has 2 heterocycles. The van der Waals surface area contributed by atoms with E-state index in [1.54, 1.807) is 13.8 Å². The fourth-order valence-corrected chi connectivity index (χ4v) is 2.57. The Bertz CT molecular complexity index is 645. The van der Waals surface area contributed by atoms with E-state index < -0.39 is 10.0 Å². The van der Waals surface area contributed by atoms with Crippen molar-refractivity contribution < 1.29 is 12.9 Å². The summed E-state index contributed by atoms with van der Waals surface area (Å²) in [7, 11) is -3.72. The Balaban J connectivity index is 2.36.